The molecular formula is H3LiMgO5Si. The van der Waals surface area contributed by atoms with Gasteiger partial charge in [0.2, 0.25) is 0 Å². The van der Waals surface area contributed by atoms with Crippen molar-refractivity contribution in [3.05, 3.63) is 0 Å². The summed E-state index contributed by atoms with van der Waals surface area (Å²) in [6.07, 6.45) is 0. The van der Waals surface area contributed by atoms with Gasteiger partial charge in [0.1, 0.15) is 0 Å². The molecule has 8 heteroatoms. The molecule has 0 rings (SSSR count). The van der Waals surface area contributed by atoms with Crippen LogP contribution in [0.5, 0.6) is 0 Å². The fraction of sp³-hybridized carbons (Fsp3) is 0. The van der Waals surface area contributed by atoms with Crippen LogP contribution in [-0.2, 0) is 0 Å². The minimum atomic E-state index is -5.36. The first-order valence-corrected chi connectivity index (χ1v) is 2.51. The van der Waals surface area contributed by atoms with Crippen LogP contribution in [0.2, 0.25) is 0 Å². The Morgan fingerprint density at radius 1 is 1.12 bits per heavy atom. The topological polar surface area (TPSA) is 121 Å². The molecule has 0 saturated heterocycles. The SMILES string of the molecule is O.[Li+].[Mg+2].[O-][Si]([O-])([O-])O. The molecule has 0 spiro atoms. The normalized spacial score (nSPS) is 7.50. The molecule has 0 amide bonds. The Labute approximate surface area is 75.5 Å². The zero-order valence-electron chi connectivity index (χ0n) is 4.38. The Morgan fingerprint density at radius 2 is 1.12 bits per heavy atom. The minimum absolute atomic E-state index is 0. The van der Waals surface area contributed by atoms with E-state index in [9.17, 15) is 0 Å². The van der Waals surface area contributed by atoms with Gasteiger partial charge < -0.3 is 24.7 Å². The van der Waals surface area contributed by atoms with Gasteiger partial charge in [-0.3, -0.25) is 0 Å². The summed E-state index contributed by atoms with van der Waals surface area (Å²) in [5.41, 5.74) is 0. The summed E-state index contributed by atoms with van der Waals surface area (Å²) < 4.78 is 0. The standard InChI is InChI=1S/Li.Mg.HO4Si.H2O/c;;1-5(2,3)4;/h;;1H;1H2/q+1;+2;-3;. The van der Waals surface area contributed by atoms with Crippen molar-refractivity contribution in [1.29, 1.82) is 0 Å². The van der Waals surface area contributed by atoms with Gasteiger partial charge in [-0.2, -0.15) is 0 Å². The molecule has 3 N–H and O–H groups in total. The van der Waals surface area contributed by atoms with Gasteiger partial charge in [0.05, 0.1) is 0 Å². The van der Waals surface area contributed by atoms with E-state index in [1.807, 2.05) is 0 Å². The zero-order valence-corrected chi connectivity index (χ0v) is 6.79. The molecular weight excluding hydrogens is 139 g/mol. The first-order valence-electron chi connectivity index (χ1n) is 0.836. The molecule has 8 heavy (non-hydrogen) atoms. The first kappa shape index (κ1) is 22.8. The molecule has 0 aliphatic heterocycles. The van der Waals surface area contributed by atoms with E-state index in [-0.39, 0.29) is 47.4 Å². The first-order chi connectivity index (χ1) is 2.00. The van der Waals surface area contributed by atoms with E-state index in [0.29, 0.717) is 0 Å². The maximum Gasteiger partial charge on any atom is 2.00 e. The summed E-state index contributed by atoms with van der Waals surface area (Å²) in [6.45, 7) is 0. The summed E-state index contributed by atoms with van der Waals surface area (Å²) in [7, 11) is -5.36. The molecule has 0 aromatic rings. The van der Waals surface area contributed by atoms with E-state index >= 15 is 0 Å². The van der Waals surface area contributed by atoms with E-state index in [4.69, 9.17) is 19.2 Å². The summed E-state index contributed by atoms with van der Waals surface area (Å²) >= 11 is 0. The van der Waals surface area contributed by atoms with Gasteiger partial charge in [0, 0.05) is 0 Å². The summed E-state index contributed by atoms with van der Waals surface area (Å²) in [6, 6.07) is 0. The van der Waals surface area contributed by atoms with Crippen LogP contribution >= 0.6 is 0 Å². The molecule has 0 unspecified atom stereocenters. The van der Waals surface area contributed by atoms with Crippen LogP contribution in [0.1, 0.15) is 0 Å². The van der Waals surface area contributed by atoms with E-state index in [2.05, 4.69) is 0 Å². The molecule has 40 valence electrons. The molecule has 0 aromatic carbocycles. The van der Waals surface area contributed by atoms with Gasteiger partial charge in [0.25, 0.3) is 0 Å². The number of rotatable bonds is 0. The predicted molar refractivity (Wildman–Crippen MR) is 17.3 cm³/mol. The minimum Gasteiger partial charge on any atom is -0.861 e. The van der Waals surface area contributed by atoms with Crippen molar-refractivity contribution in [1.82, 2.24) is 0 Å². The Bertz CT molecular complexity index is 27.9. The van der Waals surface area contributed by atoms with Crippen LogP contribution in [-0.4, -0.2) is 42.4 Å². The third-order valence-corrected chi connectivity index (χ3v) is 0. The van der Waals surface area contributed by atoms with E-state index in [0.717, 1.165) is 0 Å². The van der Waals surface area contributed by atoms with E-state index < -0.39 is 9.05 Å². The van der Waals surface area contributed by atoms with E-state index in [1.54, 1.807) is 0 Å². The molecule has 5 nitrogen and oxygen atoms in total. The van der Waals surface area contributed by atoms with Crippen LogP contribution in [0.25, 0.3) is 0 Å². The summed E-state index contributed by atoms with van der Waals surface area (Å²) in [5.74, 6) is 0. The summed E-state index contributed by atoms with van der Waals surface area (Å²) in [5, 5.41) is 0. The Morgan fingerprint density at radius 3 is 1.12 bits per heavy atom. The maximum atomic E-state index is 8.69. The second-order valence-electron chi connectivity index (χ2n) is 0.524. The average molecular weight is 142 g/mol. The van der Waals surface area contributed by atoms with Crippen molar-refractivity contribution < 1.29 is 43.5 Å². The Balaban J connectivity index is -0.0000000267. The average Bonchev–Trinajstić information content (AvgIpc) is 0.722. The van der Waals surface area contributed by atoms with Gasteiger partial charge in [0.15, 0.2) is 0 Å². The van der Waals surface area contributed by atoms with Crippen molar-refractivity contribution in [2.75, 3.05) is 0 Å². The molecule has 0 radical (unpaired) electrons. The van der Waals surface area contributed by atoms with Gasteiger partial charge in [-0.15, -0.1) is 9.05 Å². The summed E-state index contributed by atoms with van der Waals surface area (Å²) in [4.78, 5) is 33.1. The predicted octanol–water partition coefficient (Wildman–Crippen LogP) is -8.71. The Kier molecular flexibility index (Phi) is 23.8. The molecule has 0 aliphatic rings. The molecule has 0 bridgehead atoms. The molecule has 0 fully saturated rings. The fourth-order valence-corrected chi connectivity index (χ4v) is 0. The fourth-order valence-electron chi connectivity index (χ4n) is 0. The van der Waals surface area contributed by atoms with Crippen LogP contribution in [0.15, 0.2) is 0 Å². The van der Waals surface area contributed by atoms with Gasteiger partial charge in [-0.25, -0.2) is 0 Å². The third kappa shape index (κ3) is 158. The number of hydrogen-bond acceptors (Lipinski definition) is 4. The van der Waals surface area contributed by atoms with Crippen LogP contribution in [0.3, 0.4) is 0 Å². The van der Waals surface area contributed by atoms with E-state index in [1.165, 1.54) is 0 Å². The van der Waals surface area contributed by atoms with Crippen molar-refractivity contribution in [3.8, 4) is 0 Å². The van der Waals surface area contributed by atoms with Gasteiger partial charge in [-0.1, -0.05) is 0 Å². The second kappa shape index (κ2) is 8.38. The molecule has 0 heterocycles. The van der Waals surface area contributed by atoms with Gasteiger partial charge >= 0.3 is 41.9 Å². The van der Waals surface area contributed by atoms with Gasteiger partial charge in [-0.05, 0) is 0 Å². The zero-order chi connectivity index (χ0) is 4.50. The molecule has 0 aliphatic carbocycles. The largest absolute Gasteiger partial charge is 2.00 e. The van der Waals surface area contributed by atoms with Crippen molar-refractivity contribution in [2.45, 2.75) is 0 Å². The quantitative estimate of drug-likeness (QED) is 0.337. The van der Waals surface area contributed by atoms with Crippen molar-refractivity contribution in [2.24, 2.45) is 0 Å². The smallest absolute Gasteiger partial charge is 0.861 e. The third-order valence-electron chi connectivity index (χ3n) is 0. The van der Waals surface area contributed by atoms with Crippen molar-refractivity contribution >= 4 is 32.1 Å². The van der Waals surface area contributed by atoms with Crippen LogP contribution in [0, 0.1) is 0 Å². The molecule has 0 saturated carbocycles. The molecule has 0 atom stereocenters. The molecule has 0 aromatic heterocycles. The van der Waals surface area contributed by atoms with Crippen molar-refractivity contribution in [3.63, 3.8) is 0 Å². The number of hydrogen-bond donors (Lipinski definition) is 1. The van der Waals surface area contributed by atoms with Crippen LogP contribution in [0.4, 0.5) is 0 Å². The Hall–Kier alpha value is 1.38. The maximum absolute atomic E-state index is 8.69. The second-order valence-corrected chi connectivity index (χ2v) is 1.57. The monoisotopic (exact) mass is 142 g/mol. The van der Waals surface area contributed by atoms with Crippen LogP contribution < -0.4 is 33.2 Å².